The van der Waals surface area contributed by atoms with Crippen LogP contribution in [0.15, 0.2) is 47.5 Å². The Labute approximate surface area is 165 Å². The van der Waals surface area contributed by atoms with Crippen molar-refractivity contribution in [1.82, 2.24) is 9.55 Å². The first kappa shape index (κ1) is 20.2. The molecule has 150 valence electrons. The molecule has 0 aliphatic rings. The summed E-state index contributed by atoms with van der Waals surface area (Å²) in [5.74, 6) is -2.51. The molecule has 0 radical (unpaired) electrons. The van der Waals surface area contributed by atoms with Gasteiger partial charge in [-0.3, -0.25) is 9.36 Å². The number of benzene rings is 2. The van der Waals surface area contributed by atoms with Gasteiger partial charge in [0.15, 0.2) is 0 Å². The predicted molar refractivity (Wildman–Crippen MR) is 102 cm³/mol. The van der Waals surface area contributed by atoms with Gasteiger partial charge in [0, 0.05) is 11.6 Å². The number of carboxylic acids is 1. The highest BCUT2D eigenvalue weighted by molar-refractivity contribution is 5.88. The maximum Gasteiger partial charge on any atom is 0.335 e. The number of rotatable bonds is 6. The van der Waals surface area contributed by atoms with E-state index in [1.54, 1.807) is 19.9 Å². The molecule has 0 bridgehead atoms. The van der Waals surface area contributed by atoms with Crippen LogP contribution in [0.1, 0.15) is 34.0 Å². The number of halogens is 2. The van der Waals surface area contributed by atoms with E-state index in [1.165, 1.54) is 29.1 Å². The van der Waals surface area contributed by atoms with Crippen LogP contribution < -0.4 is 10.3 Å². The number of aromatic carboxylic acids is 1. The van der Waals surface area contributed by atoms with Crippen LogP contribution in [0, 0.1) is 18.6 Å². The van der Waals surface area contributed by atoms with Gasteiger partial charge in [-0.1, -0.05) is 13.0 Å². The van der Waals surface area contributed by atoms with Crippen molar-refractivity contribution >= 4 is 5.97 Å². The lowest BCUT2D eigenvalue weighted by Gasteiger charge is -2.14. The molecule has 0 aliphatic heterocycles. The molecule has 1 aromatic heterocycles. The molecule has 0 saturated carbocycles. The zero-order valence-electron chi connectivity index (χ0n) is 15.8. The lowest BCUT2D eigenvalue weighted by atomic mass is 10.1. The maximum atomic E-state index is 13.8. The van der Waals surface area contributed by atoms with Crippen molar-refractivity contribution < 1.29 is 23.4 Å². The van der Waals surface area contributed by atoms with Crippen LogP contribution in [-0.4, -0.2) is 20.6 Å². The molecule has 8 heteroatoms. The Morgan fingerprint density at radius 1 is 1.21 bits per heavy atom. The molecule has 1 N–H and O–H groups in total. The summed E-state index contributed by atoms with van der Waals surface area (Å²) in [4.78, 5) is 28.4. The summed E-state index contributed by atoms with van der Waals surface area (Å²) in [7, 11) is 0. The molecule has 29 heavy (non-hydrogen) atoms. The van der Waals surface area contributed by atoms with Gasteiger partial charge in [-0.2, -0.15) is 0 Å². The summed E-state index contributed by atoms with van der Waals surface area (Å²) in [5, 5.41) is 9.20. The number of carboxylic acid groups (broad SMARTS) is 1. The number of aryl methyl sites for hydroxylation is 1. The van der Waals surface area contributed by atoms with E-state index >= 15 is 0 Å². The second-order valence-electron chi connectivity index (χ2n) is 6.39. The Hall–Kier alpha value is -3.55. The molecule has 0 spiro atoms. The van der Waals surface area contributed by atoms with E-state index in [4.69, 9.17) is 4.74 Å². The van der Waals surface area contributed by atoms with Gasteiger partial charge < -0.3 is 9.84 Å². The van der Waals surface area contributed by atoms with Crippen molar-refractivity contribution in [2.75, 3.05) is 0 Å². The minimum Gasteiger partial charge on any atom is -0.478 e. The molecule has 0 aliphatic carbocycles. The SMILES string of the molecule is CCc1c(OCc2ccc(F)cc2F)ncn(-c2cc(C(=O)O)ccc2C)c1=O. The molecule has 2 aromatic carbocycles. The highest BCUT2D eigenvalue weighted by Gasteiger charge is 2.16. The second-order valence-corrected chi connectivity index (χ2v) is 6.39. The highest BCUT2D eigenvalue weighted by Crippen LogP contribution is 2.19. The molecule has 0 atom stereocenters. The first-order valence-corrected chi connectivity index (χ1v) is 8.83. The van der Waals surface area contributed by atoms with Gasteiger partial charge in [0.05, 0.1) is 16.8 Å². The van der Waals surface area contributed by atoms with Gasteiger partial charge in [-0.25, -0.2) is 18.6 Å². The standard InChI is InChI=1S/C21H18F2N2O4/c1-3-16-19(29-10-14-6-7-15(22)9-17(14)23)24-11-25(20(16)26)18-8-13(21(27)28)5-4-12(18)2/h4-9,11H,3,10H2,1-2H3,(H,27,28). The van der Waals surface area contributed by atoms with Crippen LogP contribution in [0.3, 0.4) is 0 Å². The van der Waals surface area contributed by atoms with Crippen LogP contribution in [0.25, 0.3) is 5.69 Å². The van der Waals surface area contributed by atoms with Crippen molar-refractivity contribution in [2.45, 2.75) is 26.9 Å². The molecule has 0 saturated heterocycles. The van der Waals surface area contributed by atoms with Crippen molar-refractivity contribution in [3.05, 3.63) is 87.0 Å². The van der Waals surface area contributed by atoms with Crippen LogP contribution in [0.4, 0.5) is 8.78 Å². The van der Waals surface area contributed by atoms with E-state index in [1.807, 2.05) is 0 Å². The number of hydrogen-bond acceptors (Lipinski definition) is 4. The van der Waals surface area contributed by atoms with E-state index in [-0.39, 0.29) is 29.2 Å². The third kappa shape index (κ3) is 4.16. The largest absolute Gasteiger partial charge is 0.478 e. The minimum absolute atomic E-state index is 0.0441. The van der Waals surface area contributed by atoms with Gasteiger partial charge in [0.1, 0.15) is 24.6 Å². The quantitative estimate of drug-likeness (QED) is 0.683. The highest BCUT2D eigenvalue weighted by atomic mass is 19.1. The summed E-state index contributed by atoms with van der Waals surface area (Å²) in [6.45, 7) is 3.28. The Morgan fingerprint density at radius 2 is 1.97 bits per heavy atom. The number of ether oxygens (including phenoxy) is 1. The molecule has 0 unspecified atom stereocenters. The summed E-state index contributed by atoms with van der Waals surface area (Å²) in [5.41, 5.74) is 1.11. The number of hydrogen-bond donors (Lipinski definition) is 1. The van der Waals surface area contributed by atoms with Gasteiger partial charge in [-0.15, -0.1) is 0 Å². The molecule has 3 aromatic rings. The van der Waals surface area contributed by atoms with Gasteiger partial charge >= 0.3 is 5.97 Å². The first-order chi connectivity index (χ1) is 13.8. The topological polar surface area (TPSA) is 81.4 Å². The van der Waals surface area contributed by atoms with Crippen LogP contribution in [-0.2, 0) is 13.0 Å². The summed E-state index contributed by atoms with van der Waals surface area (Å²) >= 11 is 0. The van der Waals surface area contributed by atoms with Gasteiger partial charge in [0.2, 0.25) is 5.88 Å². The van der Waals surface area contributed by atoms with Crippen molar-refractivity contribution in [3.8, 4) is 11.6 Å². The molecule has 3 rings (SSSR count). The smallest absolute Gasteiger partial charge is 0.335 e. The lowest BCUT2D eigenvalue weighted by Crippen LogP contribution is -2.24. The summed E-state index contributed by atoms with van der Waals surface area (Å²) in [6.07, 6.45) is 1.54. The predicted octanol–water partition coefficient (Wildman–Crippen LogP) is 3.66. The zero-order chi connectivity index (χ0) is 21.1. The lowest BCUT2D eigenvalue weighted by molar-refractivity contribution is 0.0697. The minimum atomic E-state index is -1.11. The molecular formula is C21H18F2N2O4. The van der Waals surface area contributed by atoms with Gasteiger partial charge in [-0.05, 0) is 43.2 Å². The third-order valence-electron chi connectivity index (χ3n) is 4.47. The van der Waals surface area contributed by atoms with Crippen LogP contribution in [0.5, 0.6) is 5.88 Å². The van der Waals surface area contributed by atoms with E-state index in [0.717, 1.165) is 12.1 Å². The summed E-state index contributed by atoms with van der Waals surface area (Å²) in [6, 6.07) is 7.59. The fourth-order valence-electron chi connectivity index (χ4n) is 2.86. The fourth-order valence-corrected chi connectivity index (χ4v) is 2.86. The number of aromatic nitrogens is 2. The maximum absolute atomic E-state index is 13.8. The Balaban J connectivity index is 1.97. The average molecular weight is 400 g/mol. The molecule has 6 nitrogen and oxygen atoms in total. The van der Waals surface area contributed by atoms with Crippen molar-refractivity contribution in [3.63, 3.8) is 0 Å². The Bertz CT molecular complexity index is 1140. The normalized spacial score (nSPS) is 10.8. The Kier molecular flexibility index (Phi) is 5.72. The number of carbonyl (C=O) groups is 1. The molecule has 0 amide bonds. The zero-order valence-corrected chi connectivity index (χ0v) is 15.8. The third-order valence-corrected chi connectivity index (χ3v) is 4.47. The van der Waals surface area contributed by atoms with Crippen molar-refractivity contribution in [1.29, 1.82) is 0 Å². The first-order valence-electron chi connectivity index (χ1n) is 8.83. The van der Waals surface area contributed by atoms with E-state index in [9.17, 15) is 23.5 Å². The van der Waals surface area contributed by atoms with Crippen molar-refractivity contribution in [2.24, 2.45) is 0 Å². The van der Waals surface area contributed by atoms with Crippen LogP contribution in [0.2, 0.25) is 0 Å². The molecule has 1 heterocycles. The number of nitrogens with zero attached hydrogens (tertiary/aromatic N) is 2. The monoisotopic (exact) mass is 400 g/mol. The second kappa shape index (κ2) is 8.22. The van der Waals surface area contributed by atoms with E-state index in [2.05, 4.69) is 4.98 Å². The average Bonchev–Trinajstić information content (AvgIpc) is 2.68. The molecular weight excluding hydrogens is 382 g/mol. The summed E-state index contributed by atoms with van der Waals surface area (Å²) < 4.78 is 33.6. The van der Waals surface area contributed by atoms with E-state index in [0.29, 0.717) is 17.7 Å². The molecule has 0 fully saturated rings. The Morgan fingerprint density at radius 3 is 2.62 bits per heavy atom. The van der Waals surface area contributed by atoms with E-state index < -0.39 is 23.2 Å². The van der Waals surface area contributed by atoms with Gasteiger partial charge in [0.25, 0.3) is 5.56 Å². The van der Waals surface area contributed by atoms with Crippen LogP contribution >= 0.6 is 0 Å². The fraction of sp³-hybridized carbons (Fsp3) is 0.190.